The largest absolute Gasteiger partial charge is 0.481 e. The van der Waals surface area contributed by atoms with Crippen LogP contribution in [0.25, 0.3) is 0 Å². The van der Waals surface area contributed by atoms with Gasteiger partial charge in [-0.1, -0.05) is 24.3 Å². The zero-order valence-electron chi connectivity index (χ0n) is 15.7. The van der Waals surface area contributed by atoms with Crippen LogP contribution in [-0.4, -0.2) is 34.3 Å². The summed E-state index contributed by atoms with van der Waals surface area (Å²) in [5, 5.41) is 6.75. The van der Waals surface area contributed by atoms with Crippen molar-refractivity contribution in [2.75, 3.05) is 23.9 Å². The van der Waals surface area contributed by atoms with E-state index >= 15 is 0 Å². The molecule has 0 saturated carbocycles. The quantitative estimate of drug-likeness (QED) is 0.804. The third kappa shape index (κ3) is 4.60. The first-order valence-corrected chi connectivity index (χ1v) is 9.09. The molecular weight excluding hydrogens is 346 g/mol. The lowest BCUT2D eigenvalue weighted by Gasteiger charge is -2.30. The second kappa shape index (κ2) is 7.45. The van der Waals surface area contributed by atoms with Crippen LogP contribution in [0.1, 0.15) is 31.9 Å². The highest BCUT2D eigenvalue weighted by atomic mass is 32.1. The summed E-state index contributed by atoms with van der Waals surface area (Å²) in [7, 11) is 1.60. The van der Waals surface area contributed by atoms with E-state index < -0.39 is 0 Å². The van der Waals surface area contributed by atoms with E-state index in [0.717, 1.165) is 25.3 Å². The highest BCUT2D eigenvalue weighted by molar-refractivity contribution is 7.80. The predicted octanol–water partition coefficient (Wildman–Crippen LogP) is 3.13. The van der Waals surface area contributed by atoms with Crippen molar-refractivity contribution in [3.8, 4) is 5.88 Å². The Balaban J connectivity index is 1.81. The van der Waals surface area contributed by atoms with E-state index in [1.165, 1.54) is 11.1 Å². The first-order valence-electron chi connectivity index (χ1n) is 8.68. The van der Waals surface area contributed by atoms with Crippen molar-refractivity contribution in [1.82, 2.24) is 15.3 Å². The van der Waals surface area contributed by atoms with E-state index in [1.54, 1.807) is 7.11 Å². The van der Waals surface area contributed by atoms with Gasteiger partial charge in [-0.25, -0.2) is 0 Å². The van der Waals surface area contributed by atoms with E-state index in [9.17, 15) is 0 Å². The van der Waals surface area contributed by atoms with Gasteiger partial charge in [0.25, 0.3) is 0 Å². The molecule has 3 rings (SSSR count). The number of nitrogens with one attached hydrogen (secondary N) is 2. The van der Waals surface area contributed by atoms with Gasteiger partial charge in [0.1, 0.15) is 5.82 Å². The van der Waals surface area contributed by atoms with Gasteiger partial charge in [0.05, 0.1) is 7.11 Å². The first kappa shape index (κ1) is 18.4. The molecule has 0 atom stereocenters. The molecule has 1 aromatic carbocycles. The number of hydrogen-bond donors (Lipinski definition) is 2. The molecule has 1 aromatic heterocycles. The van der Waals surface area contributed by atoms with Crippen molar-refractivity contribution in [2.45, 2.75) is 39.3 Å². The summed E-state index contributed by atoms with van der Waals surface area (Å²) < 4.78 is 5.36. The number of hydrogen-bond acceptors (Lipinski definition) is 5. The van der Waals surface area contributed by atoms with Crippen molar-refractivity contribution in [1.29, 1.82) is 0 Å². The number of anilines is 2. The maximum Gasteiger partial charge on any atom is 0.234 e. The molecule has 0 spiro atoms. The molecule has 26 heavy (non-hydrogen) atoms. The third-order valence-electron chi connectivity index (χ3n) is 4.07. The Hall–Kier alpha value is -2.41. The number of benzene rings is 1. The summed E-state index contributed by atoms with van der Waals surface area (Å²) >= 11 is 5.36. The summed E-state index contributed by atoms with van der Waals surface area (Å²) in [6.45, 7) is 7.86. The lowest BCUT2D eigenvalue weighted by molar-refractivity contribution is 0.397. The van der Waals surface area contributed by atoms with Gasteiger partial charge in [0, 0.05) is 24.7 Å². The molecule has 0 unspecified atom stereocenters. The number of rotatable bonds is 3. The number of fused-ring (bicyclic) bond motifs is 1. The molecule has 7 heteroatoms. The van der Waals surface area contributed by atoms with Crippen molar-refractivity contribution in [3.05, 3.63) is 41.5 Å². The van der Waals surface area contributed by atoms with Crippen LogP contribution >= 0.6 is 12.2 Å². The zero-order valence-corrected chi connectivity index (χ0v) is 16.5. The second-order valence-electron chi connectivity index (χ2n) is 7.36. The summed E-state index contributed by atoms with van der Waals surface area (Å²) in [6, 6.07) is 10.4. The molecule has 6 nitrogen and oxygen atoms in total. The average molecular weight is 372 g/mol. The minimum absolute atomic E-state index is 0.137. The molecule has 2 heterocycles. The van der Waals surface area contributed by atoms with Gasteiger partial charge in [-0.2, -0.15) is 9.97 Å². The molecule has 2 aromatic rings. The van der Waals surface area contributed by atoms with Crippen LogP contribution in [0.2, 0.25) is 0 Å². The fourth-order valence-corrected chi connectivity index (χ4v) is 3.30. The second-order valence-corrected chi connectivity index (χ2v) is 7.77. The Morgan fingerprint density at radius 2 is 1.92 bits per heavy atom. The SMILES string of the molecule is COc1cc(N2CCc3ccccc3C2)nc(NC(=S)NC(C)(C)C)n1. The predicted molar refractivity (Wildman–Crippen MR) is 109 cm³/mol. The molecule has 0 saturated heterocycles. The van der Waals surface area contributed by atoms with Gasteiger partial charge in [0.15, 0.2) is 5.11 Å². The maximum absolute atomic E-state index is 5.36. The van der Waals surface area contributed by atoms with Crippen LogP contribution in [0.15, 0.2) is 30.3 Å². The summed E-state index contributed by atoms with van der Waals surface area (Å²) in [5.74, 6) is 1.77. The van der Waals surface area contributed by atoms with Gasteiger partial charge in [-0.3, -0.25) is 0 Å². The Morgan fingerprint density at radius 3 is 2.62 bits per heavy atom. The van der Waals surface area contributed by atoms with Crippen LogP contribution in [0.5, 0.6) is 5.88 Å². The van der Waals surface area contributed by atoms with Crippen molar-refractivity contribution < 1.29 is 4.74 Å². The minimum atomic E-state index is -0.137. The van der Waals surface area contributed by atoms with E-state index in [-0.39, 0.29) is 5.54 Å². The number of ether oxygens (including phenoxy) is 1. The topological polar surface area (TPSA) is 62.3 Å². The number of aromatic nitrogens is 2. The van der Waals surface area contributed by atoms with Crippen LogP contribution in [-0.2, 0) is 13.0 Å². The Labute approximate surface area is 160 Å². The normalized spacial score (nSPS) is 13.8. The number of methoxy groups -OCH3 is 1. The molecule has 138 valence electrons. The van der Waals surface area contributed by atoms with E-state index in [0.29, 0.717) is 16.9 Å². The highest BCUT2D eigenvalue weighted by Gasteiger charge is 2.19. The number of thiocarbonyl (C=S) groups is 1. The lowest BCUT2D eigenvalue weighted by atomic mass is 10.00. The zero-order chi connectivity index (χ0) is 18.7. The molecule has 0 fully saturated rings. The van der Waals surface area contributed by atoms with Gasteiger partial charge in [-0.15, -0.1) is 0 Å². The molecule has 0 aliphatic carbocycles. The third-order valence-corrected chi connectivity index (χ3v) is 4.27. The number of nitrogens with zero attached hydrogens (tertiary/aromatic N) is 3. The van der Waals surface area contributed by atoms with Crippen LogP contribution in [0.3, 0.4) is 0 Å². The van der Waals surface area contributed by atoms with Crippen molar-refractivity contribution in [2.24, 2.45) is 0 Å². The summed E-state index contributed by atoms with van der Waals surface area (Å²) in [6.07, 6.45) is 0.995. The molecule has 1 aliphatic heterocycles. The average Bonchev–Trinajstić information content (AvgIpc) is 2.59. The van der Waals surface area contributed by atoms with E-state index in [2.05, 4.69) is 49.8 Å². The molecule has 0 radical (unpaired) electrons. The molecule has 2 N–H and O–H groups in total. The fraction of sp³-hybridized carbons (Fsp3) is 0.421. The first-order chi connectivity index (χ1) is 12.3. The van der Waals surface area contributed by atoms with Crippen LogP contribution in [0.4, 0.5) is 11.8 Å². The Bertz CT molecular complexity index is 803. The van der Waals surface area contributed by atoms with Gasteiger partial charge in [-0.05, 0) is 50.5 Å². The molecule has 0 bridgehead atoms. The molecule has 1 aliphatic rings. The molecular formula is C19H25N5OS. The monoisotopic (exact) mass is 371 g/mol. The highest BCUT2D eigenvalue weighted by Crippen LogP contribution is 2.26. The minimum Gasteiger partial charge on any atom is -0.481 e. The summed E-state index contributed by atoms with van der Waals surface area (Å²) in [5.41, 5.74) is 2.59. The Kier molecular flexibility index (Phi) is 5.27. The maximum atomic E-state index is 5.36. The Morgan fingerprint density at radius 1 is 1.19 bits per heavy atom. The van der Waals surface area contributed by atoms with Gasteiger partial charge >= 0.3 is 0 Å². The van der Waals surface area contributed by atoms with Crippen LogP contribution < -0.4 is 20.3 Å². The van der Waals surface area contributed by atoms with Gasteiger partial charge in [0.2, 0.25) is 11.8 Å². The summed E-state index contributed by atoms with van der Waals surface area (Å²) in [4.78, 5) is 11.2. The lowest BCUT2D eigenvalue weighted by Crippen LogP contribution is -2.43. The van der Waals surface area contributed by atoms with Crippen molar-refractivity contribution in [3.63, 3.8) is 0 Å². The van der Waals surface area contributed by atoms with E-state index in [4.69, 9.17) is 17.0 Å². The van der Waals surface area contributed by atoms with Crippen LogP contribution in [0, 0.1) is 0 Å². The van der Waals surface area contributed by atoms with Gasteiger partial charge < -0.3 is 20.3 Å². The smallest absolute Gasteiger partial charge is 0.234 e. The van der Waals surface area contributed by atoms with Crippen molar-refractivity contribution >= 4 is 29.1 Å². The molecule has 0 amide bonds. The fourth-order valence-electron chi connectivity index (χ4n) is 2.90. The van der Waals surface area contributed by atoms with E-state index in [1.807, 2.05) is 26.8 Å². The standard InChI is InChI=1S/C19H25N5OS/c1-19(2,3)23-18(26)22-17-20-15(11-16(21-17)25-4)24-10-9-13-7-5-6-8-14(13)12-24/h5-8,11H,9-10,12H2,1-4H3,(H2,20,21,22,23,26).